The minimum absolute atomic E-state index is 0.183. The monoisotopic (exact) mass is 456 g/mol. The molecule has 0 saturated heterocycles. The lowest BCUT2D eigenvalue weighted by Crippen LogP contribution is -2.37. The zero-order chi connectivity index (χ0) is 24.7. The number of anilines is 1. The average Bonchev–Trinajstić information content (AvgIpc) is 3.19. The van der Waals surface area contributed by atoms with E-state index in [0.717, 1.165) is 16.8 Å². The highest BCUT2D eigenvalue weighted by molar-refractivity contribution is 5.92. The SMILES string of the molecule is CC(C)CNC(=O)c1coc(CN(CC(C)C)C(=O)Nc2c(C(C)C)cccc2C(C)C)n1. The lowest BCUT2D eigenvalue weighted by Gasteiger charge is -2.26. The van der Waals surface area contributed by atoms with Gasteiger partial charge in [-0.2, -0.15) is 0 Å². The van der Waals surface area contributed by atoms with E-state index in [1.807, 2.05) is 19.9 Å². The first-order valence-corrected chi connectivity index (χ1v) is 11.9. The van der Waals surface area contributed by atoms with E-state index in [1.165, 1.54) is 6.26 Å². The number of amides is 3. The quantitative estimate of drug-likeness (QED) is 0.459. The van der Waals surface area contributed by atoms with Gasteiger partial charge in [-0.05, 0) is 34.8 Å². The molecule has 0 aliphatic heterocycles. The largest absolute Gasteiger partial charge is 0.446 e. The van der Waals surface area contributed by atoms with Gasteiger partial charge in [0.1, 0.15) is 6.26 Å². The number of benzene rings is 1. The number of aromatic nitrogens is 1. The van der Waals surface area contributed by atoms with Crippen molar-refractivity contribution in [1.82, 2.24) is 15.2 Å². The topological polar surface area (TPSA) is 87.5 Å². The van der Waals surface area contributed by atoms with Gasteiger partial charge in [0.2, 0.25) is 5.89 Å². The third kappa shape index (κ3) is 7.62. The number of nitrogens with one attached hydrogen (secondary N) is 2. The minimum atomic E-state index is -0.272. The molecule has 2 aromatic rings. The summed E-state index contributed by atoms with van der Waals surface area (Å²) in [5.41, 5.74) is 3.32. The summed E-state index contributed by atoms with van der Waals surface area (Å²) in [6.45, 7) is 17.9. The normalized spacial score (nSPS) is 11.5. The third-order valence-corrected chi connectivity index (χ3v) is 5.26. The Morgan fingerprint density at radius 3 is 2.09 bits per heavy atom. The van der Waals surface area contributed by atoms with Crippen molar-refractivity contribution < 1.29 is 14.0 Å². The van der Waals surface area contributed by atoms with Crippen LogP contribution < -0.4 is 10.6 Å². The molecule has 0 fully saturated rings. The van der Waals surface area contributed by atoms with Crippen LogP contribution in [-0.2, 0) is 6.54 Å². The molecule has 7 heteroatoms. The Morgan fingerprint density at radius 1 is 0.970 bits per heavy atom. The molecule has 0 saturated carbocycles. The van der Waals surface area contributed by atoms with E-state index in [-0.39, 0.29) is 41.9 Å². The van der Waals surface area contributed by atoms with Crippen LogP contribution in [0.2, 0.25) is 0 Å². The number of carbonyl (C=O) groups excluding carboxylic acids is 2. The van der Waals surface area contributed by atoms with Crippen molar-refractivity contribution in [3.8, 4) is 0 Å². The highest BCUT2D eigenvalue weighted by Crippen LogP contribution is 2.32. The first-order valence-electron chi connectivity index (χ1n) is 11.9. The predicted molar refractivity (Wildman–Crippen MR) is 133 cm³/mol. The van der Waals surface area contributed by atoms with Gasteiger partial charge in [0.15, 0.2) is 5.69 Å². The molecule has 0 radical (unpaired) electrons. The van der Waals surface area contributed by atoms with Gasteiger partial charge < -0.3 is 20.0 Å². The van der Waals surface area contributed by atoms with Crippen LogP contribution in [0.1, 0.15) is 94.7 Å². The maximum atomic E-state index is 13.4. The minimum Gasteiger partial charge on any atom is -0.446 e. The Kier molecular flexibility index (Phi) is 9.50. The molecule has 2 N–H and O–H groups in total. The molecule has 0 aliphatic rings. The van der Waals surface area contributed by atoms with E-state index in [1.54, 1.807) is 4.90 Å². The van der Waals surface area contributed by atoms with Gasteiger partial charge in [0.05, 0.1) is 6.54 Å². The molecule has 0 spiro atoms. The number of hydrogen-bond donors (Lipinski definition) is 2. The maximum absolute atomic E-state index is 13.4. The summed E-state index contributed by atoms with van der Waals surface area (Å²) < 4.78 is 5.54. The number of rotatable bonds is 10. The van der Waals surface area contributed by atoms with Crippen molar-refractivity contribution in [2.24, 2.45) is 11.8 Å². The lowest BCUT2D eigenvalue weighted by molar-refractivity contribution is 0.0944. The molecule has 182 valence electrons. The van der Waals surface area contributed by atoms with E-state index < -0.39 is 0 Å². The summed E-state index contributed by atoms with van der Waals surface area (Å²) in [5, 5.41) is 6.00. The van der Waals surface area contributed by atoms with Crippen LogP contribution in [0.3, 0.4) is 0 Å². The zero-order valence-corrected chi connectivity index (χ0v) is 21.4. The molecular weight excluding hydrogens is 416 g/mol. The molecular formula is C26H40N4O3. The van der Waals surface area contributed by atoms with E-state index in [9.17, 15) is 9.59 Å². The van der Waals surface area contributed by atoms with Gasteiger partial charge >= 0.3 is 6.03 Å². The van der Waals surface area contributed by atoms with Crippen LogP contribution >= 0.6 is 0 Å². The standard InChI is InChI=1S/C26H40N4O3/c1-16(2)12-27-25(31)22-15-33-23(28-22)14-30(13-17(3)4)26(32)29-24-20(18(5)6)10-9-11-21(24)19(7)8/h9-11,15-19H,12-14H2,1-8H3,(H,27,31)(H,29,32). The average molecular weight is 457 g/mol. The molecule has 0 aliphatic carbocycles. The number of carbonyl (C=O) groups is 2. The lowest BCUT2D eigenvalue weighted by atomic mass is 9.93. The van der Waals surface area contributed by atoms with Crippen molar-refractivity contribution in [1.29, 1.82) is 0 Å². The fourth-order valence-corrected chi connectivity index (χ4v) is 3.58. The van der Waals surface area contributed by atoms with Crippen LogP contribution in [0.4, 0.5) is 10.5 Å². The van der Waals surface area contributed by atoms with E-state index in [0.29, 0.717) is 24.9 Å². The van der Waals surface area contributed by atoms with Gasteiger partial charge in [-0.3, -0.25) is 4.79 Å². The van der Waals surface area contributed by atoms with Crippen molar-refractivity contribution in [3.63, 3.8) is 0 Å². The molecule has 1 aromatic heterocycles. The highest BCUT2D eigenvalue weighted by atomic mass is 16.3. The number of urea groups is 1. The molecule has 0 bridgehead atoms. The van der Waals surface area contributed by atoms with Gasteiger partial charge in [-0.15, -0.1) is 0 Å². The predicted octanol–water partition coefficient (Wildman–Crippen LogP) is 6.00. The second-order valence-corrected chi connectivity index (χ2v) is 10.1. The summed E-state index contributed by atoms with van der Waals surface area (Å²) in [4.78, 5) is 31.7. The Labute approximate surface area is 198 Å². The van der Waals surface area contributed by atoms with Crippen molar-refractivity contribution in [2.75, 3.05) is 18.4 Å². The van der Waals surface area contributed by atoms with Crippen molar-refractivity contribution >= 4 is 17.6 Å². The maximum Gasteiger partial charge on any atom is 0.322 e. The van der Waals surface area contributed by atoms with E-state index >= 15 is 0 Å². The highest BCUT2D eigenvalue weighted by Gasteiger charge is 2.23. The Balaban J connectivity index is 2.23. The molecule has 0 unspecified atom stereocenters. The number of para-hydroxylation sites is 1. The fourth-order valence-electron chi connectivity index (χ4n) is 3.58. The Morgan fingerprint density at radius 2 is 1.58 bits per heavy atom. The number of hydrogen-bond acceptors (Lipinski definition) is 4. The van der Waals surface area contributed by atoms with Gasteiger partial charge in [-0.1, -0.05) is 73.6 Å². The summed E-state index contributed by atoms with van der Waals surface area (Å²) >= 11 is 0. The first-order chi connectivity index (χ1) is 15.5. The van der Waals surface area contributed by atoms with E-state index in [4.69, 9.17) is 4.42 Å². The van der Waals surface area contributed by atoms with Crippen LogP contribution in [0.15, 0.2) is 28.9 Å². The van der Waals surface area contributed by atoms with Crippen molar-refractivity contribution in [2.45, 2.75) is 73.8 Å². The molecule has 1 heterocycles. The summed E-state index contributed by atoms with van der Waals surface area (Å²) in [6, 6.07) is 5.97. The summed E-state index contributed by atoms with van der Waals surface area (Å²) in [5.74, 6) is 1.21. The molecule has 0 atom stereocenters. The third-order valence-electron chi connectivity index (χ3n) is 5.26. The Bertz CT molecular complexity index is 905. The second kappa shape index (κ2) is 11.9. The van der Waals surface area contributed by atoms with Crippen molar-refractivity contribution in [3.05, 3.63) is 47.2 Å². The fraction of sp³-hybridized carbons (Fsp3) is 0.577. The molecule has 3 amide bonds. The molecule has 33 heavy (non-hydrogen) atoms. The van der Waals surface area contributed by atoms with Gasteiger partial charge in [0, 0.05) is 18.8 Å². The Hall–Kier alpha value is -2.83. The smallest absolute Gasteiger partial charge is 0.322 e. The number of oxazole rings is 1. The molecule has 7 nitrogen and oxygen atoms in total. The first kappa shape index (κ1) is 26.4. The van der Waals surface area contributed by atoms with Crippen LogP contribution in [0.5, 0.6) is 0 Å². The summed E-state index contributed by atoms with van der Waals surface area (Å²) in [7, 11) is 0. The van der Waals surface area contributed by atoms with E-state index in [2.05, 4.69) is 69.3 Å². The van der Waals surface area contributed by atoms with Crippen LogP contribution in [0.25, 0.3) is 0 Å². The molecule has 1 aromatic carbocycles. The zero-order valence-electron chi connectivity index (χ0n) is 21.4. The number of nitrogens with zero attached hydrogens (tertiary/aromatic N) is 2. The molecule has 2 rings (SSSR count). The second-order valence-electron chi connectivity index (χ2n) is 10.1. The van der Waals surface area contributed by atoms with Gasteiger partial charge in [-0.25, -0.2) is 9.78 Å². The van der Waals surface area contributed by atoms with Crippen LogP contribution in [0, 0.1) is 11.8 Å². The van der Waals surface area contributed by atoms with Gasteiger partial charge in [0.25, 0.3) is 5.91 Å². The van der Waals surface area contributed by atoms with Crippen LogP contribution in [-0.4, -0.2) is 34.9 Å². The summed E-state index contributed by atoms with van der Waals surface area (Å²) in [6.07, 6.45) is 1.35.